The second kappa shape index (κ2) is 8.98. The average molecular weight is 299 g/mol. The molecule has 6 heteroatoms. The third-order valence-electron chi connectivity index (χ3n) is 1.97. The molecule has 0 aromatic carbocycles. The zero-order valence-corrected chi connectivity index (χ0v) is 12.6. The smallest absolute Gasteiger partial charge is 0.314 e. The third-order valence-corrected chi connectivity index (χ3v) is 4.24. The van der Waals surface area contributed by atoms with Crippen LogP contribution in [0, 0.1) is 5.92 Å². The molecule has 4 nitrogen and oxygen atoms in total. The summed E-state index contributed by atoms with van der Waals surface area (Å²) in [6.07, 6.45) is 2.23. The van der Waals surface area contributed by atoms with Crippen molar-refractivity contribution in [1.82, 2.24) is 4.98 Å². The van der Waals surface area contributed by atoms with Gasteiger partial charge in [0, 0.05) is 18.4 Å². The van der Waals surface area contributed by atoms with Gasteiger partial charge in [-0.2, -0.15) is 0 Å². The van der Waals surface area contributed by atoms with Crippen LogP contribution in [0.15, 0.2) is 29.4 Å². The molecular formula is C13H17NO3S2. The van der Waals surface area contributed by atoms with Crippen LogP contribution in [-0.4, -0.2) is 22.7 Å². The van der Waals surface area contributed by atoms with Crippen LogP contribution >= 0.6 is 21.6 Å². The largest absolute Gasteiger partial charge is 0.393 e. The second-order valence-electron chi connectivity index (χ2n) is 4.27. The van der Waals surface area contributed by atoms with E-state index in [0.717, 1.165) is 5.03 Å². The summed E-state index contributed by atoms with van der Waals surface area (Å²) in [6, 6.07) is 5.67. The van der Waals surface area contributed by atoms with Gasteiger partial charge in [-0.3, -0.25) is 9.59 Å². The van der Waals surface area contributed by atoms with Gasteiger partial charge >= 0.3 is 11.9 Å². The summed E-state index contributed by atoms with van der Waals surface area (Å²) in [4.78, 5) is 26.8. The number of ether oxygens (including phenoxy) is 1. The Morgan fingerprint density at radius 2 is 2.11 bits per heavy atom. The molecule has 0 aliphatic carbocycles. The third kappa shape index (κ3) is 7.89. The average Bonchev–Trinajstić information content (AvgIpc) is 2.35. The summed E-state index contributed by atoms with van der Waals surface area (Å²) in [5, 5.41) is 0.900. The van der Waals surface area contributed by atoms with E-state index in [4.69, 9.17) is 4.74 Å². The van der Waals surface area contributed by atoms with Crippen molar-refractivity contribution >= 4 is 33.5 Å². The van der Waals surface area contributed by atoms with Crippen LogP contribution in [0.25, 0.3) is 0 Å². The molecule has 104 valence electrons. The predicted octanol–water partition coefficient (Wildman–Crippen LogP) is 3.33. The number of aromatic nitrogens is 1. The van der Waals surface area contributed by atoms with Crippen LogP contribution in [0.2, 0.25) is 0 Å². The van der Waals surface area contributed by atoms with Gasteiger partial charge in [-0.1, -0.05) is 30.7 Å². The number of nitrogens with zero attached hydrogens (tertiary/aromatic N) is 1. The summed E-state index contributed by atoms with van der Waals surface area (Å²) in [7, 11) is 3.02. The van der Waals surface area contributed by atoms with Gasteiger partial charge < -0.3 is 4.74 Å². The maximum absolute atomic E-state index is 11.4. The molecule has 1 aromatic heterocycles. The first-order chi connectivity index (χ1) is 9.08. The van der Waals surface area contributed by atoms with E-state index in [1.54, 1.807) is 6.20 Å². The van der Waals surface area contributed by atoms with E-state index < -0.39 is 11.9 Å². The zero-order valence-electron chi connectivity index (χ0n) is 11.0. The molecule has 0 saturated carbocycles. The topological polar surface area (TPSA) is 56.3 Å². The van der Waals surface area contributed by atoms with Gasteiger partial charge in [-0.05, 0) is 28.8 Å². The van der Waals surface area contributed by atoms with Crippen LogP contribution in [-0.2, 0) is 14.3 Å². The molecule has 19 heavy (non-hydrogen) atoms. The van der Waals surface area contributed by atoms with Gasteiger partial charge in [-0.15, -0.1) is 0 Å². The van der Waals surface area contributed by atoms with Gasteiger partial charge in [0.1, 0.15) is 5.03 Å². The SMILES string of the molecule is CC(C)CC(=O)OC(=O)CCSSc1ccccn1. The summed E-state index contributed by atoms with van der Waals surface area (Å²) in [6.45, 7) is 3.82. The lowest BCUT2D eigenvalue weighted by molar-refractivity contribution is -0.159. The summed E-state index contributed by atoms with van der Waals surface area (Å²) in [5.74, 6) is -0.105. The Kier molecular flexibility index (Phi) is 7.59. The lowest BCUT2D eigenvalue weighted by atomic mass is 10.1. The molecule has 1 heterocycles. The van der Waals surface area contributed by atoms with Crippen molar-refractivity contribution in [1.29, 1.82) is 0 Å². The lowest BCUT2D eigenvalue weighted by Crippen LogP contribution is -2.14. The van der Waals surface area contributed by atoms with Crippen molar-refractivity contribution in [3.8, 4) is 0 Å². The van der Waals surface area contributed by atoms with E-state index in [1.165, 1.54) is 21.6 Å². The fourth-order valence-electron chi connectivity index (χ4n) is 1.18. The van der Waals surface area contributed by atoms with Gasteiger partial charge in [0.25, 0.3) is 0 Å². The van der Waals surface area contributed by atoms with Crippen LogP contribution in [0.1, 0.15) is 26.7 Å². The van der Waals surface area contributed by atoms with E-state index in [-0.39, 0.29) is 18.8 Å². The monoisotopic (exact) mass is 299 g/mol. The van der Waals surface area contributed by atoms with E-state index in [0.29, 0.717) is 5.75 Å². The molecule has 1 rings (SSSR count). The molecule has 0 aliphatic heterocycles. The van der Waals surface area contributed by atoms with Crippen molar-refractivity contribution in [2.75, 3.05) is 5.75 Å². The standard InChI is InChI=1S/C13H17NO3S2/c1-10(2)9-13(16)17-12(15)6-8-18-19-11-5-3-4-7-14-11/h3-5,7,10H,6,8-9H2,1-2H3. The fourth-order valence-corrected chi connectivity index (χ4v) is 3.03. The minimum atomic E-state index is -0.459. The molecule has 0 unspecified atom stereocenters. The normalized spacial score (nSPS) is 10.5. The van der Waals surface area contributed by atoms with Crippen LogP contribution < -0.4 is 0 Å². The van der Waals surface area contributed by atoms with Gasteiger partial charge in [0.05, 0.1) is 6.42 Å². The molecule has 0 aliphatic rings. The van der Waals surface area contributed by atoms with E-state index in [9.17, 15) is 9.59 Å². The number of carbonyl (C=O) groups excluding carboxylic acids is 2. The van der Waals surface area contributed by atoms with Crippen molar-refractivity contribution in [2.24, 2.45) is 5.92 Å². The second-order valence-corrected chi connectivity index (χ2v) is 6.70. The molecule has 0 bridgehead atoms. The Hall–Kier alpha value is -1.01. The van der Waals surface area contributed by atoms with Crippen molar-refractivity contribution < 1.29 is 14.3 Å². The van der Waals surface area contributed by atoms with Crippen LogP contribution in [0.5, 0.6) is 0 Å². The minimum Gasteiger partial charge on any atom is -0.393 e. The van der Waals surface area contributed by atoms with Gasteiger partial charge in [0.2, 0.25) is 0 Å². The number of rotatable bonds is 7. The lowest BCUT2D eigenvalue weighted by Gasteiger charge is -2.04. The Labute approximate surface area is 121 Å². The summed E-state index contributed by atoms with van der Waals surface area (Å²) < 4.78 is 4.70. The maximum atomic E-state index is 11.4. The zero-order chi connectivity index (χ0) is 14.1. The number of hydrogen-bond donors (Lipinski definition) is 0. The molecule has 0 radical (unpaired) electrons. The summed E-state index contributed by atoms with van der Waals surface area (Å²) >= 11 is 0. The molecule has 0 atom stereocenters. The van der Waals surface area contributed by atoms with E-state index in [1.807, 2.05) is 32.0 Å². The molecule has 0 amide bonds. The van der Waals surface area contributed by atoms with Crippen molar-refractivity contribution in [3.05, 3.63) is 24.4 Å². The molecule has 0 saturated heterocycles. The summed E-state index contributed by atoms with van der Waals surface area (Å²) in [5.41, 5.74) is 0. The molecule has 0 N–H and O–H groups in total. The highest BCUT2D eigenvalue weighted by molar-refractivity contribution is 8.76. The highest BCUT2D eigenvalue weighted by Crippen LogP contribution is 2.29. The number of carbonyl (C=O) groups is 2. The highest BCUT2D eigenvalue weighted by atomic mass is 33.1. The first-order valence-electron chi connectivity index (χ1n) is 6.02. The first-order valence-corrected chi connectivity index (χ1v) is 8.34. The van der Waals surface area contributed by atoms with E-state index in [2.05, 4.69) is 4.98 Å². The fraction of sp³-hybridized carbons (Fsp3) is 0.462. The Morgan fingerprint density at radius 1 is 1.32 bits per heavy atom. The molecule has 1 aromatic rings. The highest BCUT2D eigenvalue weighted by Gasteiger charge is 2.11. The first kappa shape index (κ1) is 16.0. The predicted molar refractivity (Wildman–Crippen MR) is 77.7 cm³/mol. The van der Waals surface area contributed by atoms with Crippen molar-refractivity contribution in [2.45, 2.75) is 31.7 Å². The van der Waals surface area contributed by atoms with Crippen molar-refractivity contribution in [3.63, 3.8) is 0 Å². The van der Waals surface area contributed by atoms with Gasteiger partial charge in [-0.25, -0.2) is 4.98 Å². The van der Waals surface area contributed by atoms with Crippen LogP contribution in [0.4, 0.5) is 0 Å². The number of hydrogen-bond acceptors (Lipinski definition) is 6. The Bertz CT molecular complexity index is 410. The number of pyridine rings is 1. The van der Waals surface area contributed by atoms with Gasteiger partial charge in [0.15, 0.2) is 0 Å². The molecule has 0 spiro atoms. The molecular weight excluding hydrogens is 282 g/mol. The maximum Gasteiger partial charge on any atom is 0.314 e. The quantitative estimate of drug-likeness (QED) is 0.333. The van der Waals surface area contributed by atoms with E-state index >= 15 is 0 Å². The Balaban J connectivity index is 2.12. The minimum absolute atomic E-state index is 0.203. The van der Waals surface area contributed by atoms with Crippen LogP contribution in [0.3, 0.4) is 0 Å². The Morgan fingerprint density at radius 3 is 2.74 bits per heavy atom. The number of esters is 2. The molecule has 0 fully saturated rings.